The zero-order valence-electron chi connectivity index (χ0n) is 16.8. The highest BCUT2D eigenvalue weighted by atomic mass is 16.6. The summed E-state index contributed by atoms with van der Waals surface area (Å²) in [4.78, 5) is 26.2. The fourth-order valence-corrected chi connectivity index (χ4v) is 4.56. The highest BCUT2D eigenvalue weighted by molar-refractivity contribution is 5.91. The molecule has 31 heavy (non-hydrogen) atoms. The number of hydrogen-bond donors (Lipinski definition) is 1. The number of nitro benzene ring substituents is 1. The predicted octanol–water partition coefficient (Wildman–Crippen LogP) is 4.15. The highest BCUT2D eigenvalue weighted by Crippen LogP contribution is 2.39. The molecule has 156 valence electrons. The van der Waals surface area contributed by atoms with E-state index >= 15 is 0 Å². The Morgan fingerprint density at radius 1 is 0.968 bits per heavy atom. The van der Waals surface area contributed by atoms with Crippen molar-refractivity contribution >= 4 is 23.0 Å². The second kappa shape index (κ2) is 7.75. The van der Waals surface area contributed by atoms with E-state index in [0.717, 1.165) is 24.1 Å². The third kappa shape index (κ3) is 3.48. The molecule has 1 saturated heterocycles. The summed E-state index contributed by atoms with van der Waals surface area (Å²) in [5.41, 5.74) is 7.38. The number of carbonyl (C=O) groups excluding carboxylic acids is 1. The number of non-ortho nitro benzene ring substituents is 1. The van der Waals surface area contributed by atoms with Crippen LogP contribution in [0.5, 0.6) is 0 Å². The Morgan fingerprint density at radius 3 is 2.42 bits per heavy atom. The standard InChI is InChI=1S/C24H22N4O3/c29-24-22-15-10-18-8-4-5-9-21(18)26(22)23(16-17-6-2-1-3-7-17)27(24)25-19-11-13-20(14-12-19)28(30)31/h1-9,11-14,22-23,25H,10,15-16H2/t22?,23-/m1/s1. The molecule has 0 bridgehead atoms. The first-order chi connectivity index (χ1) is 15.1. The van der Waals surface area contributed by atoms with Crippen LogP contribution in [0, 0.1) is 10.1 Å². The minimum atomic E-state index is -0.430. The van der Waals surface area contributed by atoms with E-state index in [0.29, 0.717) is 12.1 Å². The van der Waals surface area contributed by atoms with Gasteiger partial charge in [0.2, 0.25) is 0 Å². The van der Waals surface area contributed by atoms with Gasteiger partial charge in [0, 0.05) is 24.2 Å². The fraction of sp³-hybridized carbons (Fsp3) is 0.208. The molecule has 0 aromatic heterocycles. The van der Waals surface area contributed by atoms with Gasteiger partial charge in [-0.15, -0.1) is 0 Å². The van der Waals surface area contributed by atoms with E-state index in [2.05, 4.69) is 34.6 Å². The van der Waals surface area contributed by atoms with E-state index in [-0.39, 0.29) is 23.8 Å². The van der Waals surface area contributed by atoms with Crippen molar-refractivity contribution < 1.29 is 9.72 Å². The number of fused-ring (bicyclic) bond motifs is 3. The van der Waals surface area contributed by atoms with Crippen molar-refractivity contribution in [1.29, 1.82) is 0 Å². The number of nitrogens with one attached hydrogen (secondary N) is 1. The van der Waals surface area contributed by atoms with Gasteiger partial charge in [-0.3, -0.25) is 20.3 Å². The normalized spacial score (nSPS) is 19.7. The van der Waals surface area contributed by atoms with Gasteiger partial charge in [0.25, 0.3) is 11.6 Å². The van der Waals surface area contributed by atoms with Crippen LogP contribution in [0.3, 0.4) is 0 Å². The van der Waals surface area contributed by atoms with Crippen LogP contribution >= 0.6 is 0 Å². The average Bonchev–Trinajstić information content (AvgIpc) is 3.06. The Labute approximate surface area is 180 Å². The van der Waals surface area contributed by atoms with E-state index < -0.39 is 4.92 Å². The smallest absolute Gasteiger partial charge is 0.269 e. The Kier molecular flexibility index (Phi) is 4.78. The van der Waals surface area contributed by atoms with Crippen molar-refractivity contribution in [1.82, 2.24) is 5.01 Å². The number of rotatable bonds is 5. The summed E-state index contributed by atoms with van der Waals surface area (Å²) in [5, 5.41) is 12.7. The third-order valence-corrected chi connectivity index (χ3v) is 6.02. The third-order valence-electron chi connectivity index (χ3n) is 6.02. The Bertz CT molecular complexity index is 1120. The van der Waals surface area contributed by atoms with Gasteiger partial charge in [-0.2, -0.15) is 0 Å². The van der Waals surface area contributed by atoms with E-state index in [1.165, 1.54) is 17.7 Å². The molecule has 3 aromatic carbocycles. The van der Waals surface area contributed by atoms with Crippen molar-refractivity contribution in [3.05, 3.63) is 100 Å². The molecule has 0 aliphatic carbocycles. The number of aryl methyl sites for hydroxylation is 1. The van der Waals surface area contributed by atoms with E-state index in [1.807, 2.05) is 30.3 Å². The molecule has 0 radical (unpaired) electrons. The lowest BCUT2D eigenvalue weighted by Crippen LogP contribution is -2.46. The SMILES string of the molecule is O=C1C2CCc3ccccc3N2[C@@H](Cc2ccccc2)N1Nc1ccc([N+](=O)[O-])cc1. The molecule has 2 atom stereocenters. The van der Waals surface area contributed by atoms with Crippen LogP contribution in [0.1, 0.15) is 17.5 Å². The van der Waals surface area contributed by atoms with E-state index in [9.17, 15) is 14.9 Å². The Balaban J connectivity index is 1.51. The van der Waals surface area contributed by atoms with Crippen LogP contribution in [0.25, 0.3) is 0 Å². The van der Waals surface area contributed by atoms with Gasteiger partial charge >= 0.3 is 0 Å². The van der Waals surface area contributed by atoms with Gasteiger partial charge < -0.3 is 4.90 Å². The molecule has 2 aliphatic heterocycles. The number of hydrazine groups is 1. The molecule has 7 nitrogen and oxygen atoms in total. The van der Waals surface area contributed by atoms with Crippen LogP contribution in [0.15, 0.2) is 78.9 Å². The number of nitro groups is 1. The van der Waals surface area contributed by atoms with Gasteiger partial charge in [0.15, 0.2) is 0 Å². The zero-order chi connectivity index (χ0) is 21.4. The lowest BCUT2D eigenvalue weighted by atomic mass is 9.96. The lowest BCUT2D eigenvalue weighted by Gasteiger charge is -2.37. The molecule has 1 amide bonds. The molecule has 7 heteroatoms. The number of hydrogen-bond acceptors (Lipinski definition) is 5. The maximum atomic E-state index is 13.4. The molecule has 0 saturated carbocycles. The summed E-state index contributed by atoms with van der Waals surface area (Å²) in [6, 6.07) is 24.3. The highest BCUT2D eigenvalue weighted by Gasteiger charge is 2.48. The van der Waals surface area contributed by atoms with Crippen molar-refractivity contribution in [2.45, 2.75) is 31.5 Å². The zero-order valence-corrected chi connectivity index (χ0v) is 16.8. The maximum absolute atomic E-state index is 13.4. The van der Waals surface area contributed by atoms with E-state index in [4.69, 9.17) is 0 Å². The molecular weight excluding hydrogens is 392 g/mol. The van der Waals surface area contributed by atoms with Crippen molar-refractivity contribution in [2.75, 3.05) is 10.3 Å². The van der Waals surface area contributed by atoms with Crippen molar-refractivity contribution in [2.24, 2.45) is 0 Å². The Hall–Kier alpha value is -3.87. The molecular formula is C24H22N4O3. The van der Waals surface area contributed by atoms with Crippen LogP contribution in [-0.4, -0.2) is 28.0 Å². The van der Waals surface area contributed by atoms with Gasteiger partial charge in [0.05, 0.1) is 10.6 Å². The monoisotopic (exact) mass is 414 g/mol. The number of amides is 1. The molecule has 3 aromatic rings. The molecule has 5 rings (SSSR count). The first-order valence-corrected chi connectivity index (χ1v) is 10.4. The second-order valence-electron chi connectivity index (χ2n) is 7.88. The molecule has 1 unspecified atom stereocenters. The van der Waals surface area contributed by atoms with Crippen LogP contribution in [0.2, 0.25) is 0 Å². The largest absolute Gasteiger partial charge is 0.337 e. The minimum absolute atomic E-state index is 0.0190. The Morgan fingerprint density at radius 2 is 1.68 bits per heavy atom. The van der Waals surface area contributed by atoms with Gasteiger partial charge in [-0.25, -0.2) is 5.01 Å². The summed E-state index contributed by atoms with van der Waals surface area (Å²) in [6.45, 7) is 0. The van der Waals surface area contributed by atoms with Crippen LogP contribution in [0.4, 0.5) is 17.1 Å². The number of nitrogens with zero attached hydrogens (tertiary/aromatic N) is 3. The molecule has 1 N–H and O–H groups in total. The number of para-hydroxylation sites is 1. The maximum Gasteiger partial charge on any atom is 0.269 e. The van der Waals surface area contributed by atoms with Gasteiger partial charge in [0.1, 0.15) is 12.2 Å². The molecule has 0 spiro atoms. The van der Waals surface area contributed by atoms with Crippen molar-refractivity contribution in [3.63, 3.8) is 0 Å². The quantitative estimate of drug-likeness (QED) is 0.501. The number of benzene rings is 3. The summed E-state index contributed by atoms with van der Waals surface area (Å²) < 4.78 is 0. The van der Waals surface area contributed by atoms with Gasteiger partial charge in [-0.1, -0.05) is 48.5 Å². The van der Waals surface area contributed by atoms with Crippen LogP contribution < -0.4 is 10.3 Å². The van der Waals surface area contributed by atoms with Crippen LogP contribution in [-0.2, 0) is 17.6 Å². The first-order valence-electron chi connectivity index (χ1n) is 10.4. The molecule has 2 aliphatic rings. The van der Waals surface area contributed by atoms with E-state index in [1.54, 1.807) is 17.1 Å². The summed E-state index contributed by atoms with van der Waals surface area (Å²) in [5.74, 6) is 0.0220. The summed E-state index contributed by atoms with van der Waals surface area (Å²) in [6.07, 6.45) is 2.08. The number of anilines is 2. The summed E-state index contributed by atoms with van der Waals surface area (Å²) in [7, 11) is 0. The second-order valence-corrected chi connectivity index (χ2v) is 7.88. The molecule has 2 heterocycles. The molecule has 1 fully saturated rings. The lowest BCUT2D eigenvalue weighted by molar-refractivity contribution is -0.384. The average molecular weight is 414 g/mol. The summed E-state index contributed by atoms with van der Waals surface area (Å²) >= 11 is 0. The first kappa shape index (κ1) is 19.1. The number of carbonyl (C=O) groups is 1. The van der Waals surface area contributed by atoms with Gasteiger partial charge in [-0.05, 0) is 42.2 Å². The predicted molar refractivity (Wildman–Crippen MR) is 119 cm³/mol. The minimum Gasteiger partial charge on any atom is -0.337 e. The van der Waals surface area contributed by atoms with Crippen molar-refractivity contribution in [3.8, 4) is 0 Å². The fourth-order valence-electron chi connectivity index (χ4n) is 4.56. The topological polar surface area (TPSA) is 78.7 Å².